The summed E-state index contributed by atoms with van der Waals surface area (Å²) < 4.78 is 27.0. The van der Waals surface area contributed by atoms with Crippen LogP contribution in [0.25, 0.3) is 10.6 Å². The molecule has 1 N–H and O–H groups in total. The van der Waals surface area contributed by atoms with Crippen molar-refractivity contribution in [3.05, 3.63) is 33.8 Å². The number of nitrogens with one attached hydrogen (secondary N) is 1. The maximum atomic E-state index is 13.7. The third-order valence-corrected chi connectivity index (χ3v) is 3.66. The van der Waals surface area contributed by atoms with Crippen molar-refractivity contribution in [2.24, 2.45) is 0 Å². The molecule has 1 heterocycles. The van der Waals surface area contributed by atoms with Crippen LogP contribution in [-0.4, -0.2) is 16.7 Å². The molecule has 7 heteroatoms. The van der Waals surface area contributed by atoms with Gasteiger partial charge in [0.2, 0.25) is 0 Å². The van der Waals surface area contributed by atoms with Gasteiger partial charge in [-0.25, -0.2) is 8.78 Å². The van der Waals surface area contributed by atoms with Crippen LogP contribution in [0.3, 0.4) is 0 Å². The van der Waals surface area contributed by atoms with Crippen molar-refractivity contribution in [1.82, 2.24) is 15.5 Å². The van der Waals surface area contributed by atoms with E-state index >= 15 is 0 Å². The van der Waals surface area contributed by atoms with Crippen LogP contribution in [0.4, 0.5) is 8.78 Å². The van der Waals surface area contributed by atoms with Gasteiger partial charge in [-0.05, 0) is 25.1 Å². The molecule has 0 bridgehead atoms. The van der Waals surface area contributed by atoms with Crippen LogP contribution in [0.15, 0.2) is 12.1 Å². The zero-order valence-electron chi connectivity index (χ0n) is 10.2. The molecule has 0 amide bonds. The van der Waals surface area contributed by atoms with Crippen LogP contribution in [0.2, 0.25) is 5.02 Å². The van der Waals surface area contributed by atoms with Gasteiger partial charge < -0.3 is 5.32 Å². The van der Waals surface area contributed by atoms with Crippen molar-refractivity contribution in [3.8, 4) is 10.6 Å². The summed E-state index contributed by atoms with van der Waals surface area (Å²) in [4.78, 5) is 0. The first-order valence-electron chi connectivity index (χ1n) is 5.79. The van der Waals surface area contributed by atoms with Crippen LogP contribution < -0.4 is 5.32 Å². The maximum Gasteiger partial charge on any atom is 0.150 e. The Labute approximate surface area is 118 Å². The normalized spacial score (nSPS) is 10.9. The highest BCUT2D eigenvalue weighted by molar-refractivity contribution is 7.14. The number of rotatable bonds is 5. The molecule has 0 saturated heterocycles. The molecule has 2 aromatic rings. The molecule has 0 saturated carbocycles. The summed E-state index contributed by atoms with van der Waals surface area (Å²) in [5.41, 5.74) is 0.0844. The van der Waals surface area contributed by atoms with Crippen LogP contribution >= 0.6 is 22.9 Å². The van der Waals surface area contributed by atoms with Gasteiger partial charge in [0.25, 0.3) is 0 Å². The van der Waals surface area contributed by atoms with E-state index in [4.69, 9.17) is 11.6 Å². The molecule has 0 fully saturated rings. The highest BCUT2D eigenvalue weighted by atomic mass is 35.5. The molecule has 0 spiro atoms. The first-order valence-corrected chi connectivity index (χ1v) is 6.99. The Morgan fingerprint density at radius 2 is 2.05 bits per heavy atom. The number of nitrogens with zero attached hydrogens (tertiary/aromatic N) is 2. The lowest BCUT2D eigenvalue weighted by atomic mass is 10.2. The molecule has 1 aromatic heterocycles. The summed E-state index contributed by atoms with van der Waals surface area (Å²) in [6.45, 7) is 3.51. The lowest BCUT2D eigenvalue weighted by Gasteiger charge is -2.00. The molecule has 1 aromatic carbocycles. The van der Waals surface area contributed by atoms with E-state index in [9.17, 15) is 8.78 Å². The summed E-state index contributed by atoms with van der Waals surface area (Å²) in [5.74, 6) is -1.27. The topological polar surface area (TPSA) is 37.8 Å². The van der Waals surface area contributed by atoms with Crippen molar-refractivity contribution in [2.75, 3.05) is 6.54 Å². The van der Waals surface area contributed by atoms with Crippen LogP contribution in [0, 0.1) is 11.6 Å². The van der Waals surface area contributed by atoms with Gasteiger partial charge in [0, 0.05) is 6.54 Å². The fourth-order valence-corrected chi connectivity index (χ4v) is 2.47. The predicted octanol–water partition coefficient (Wildman–Crippen LogP) is 3.64. The van der Waals surface area contributed by atoms with Crippen molar-refractivity contribution in [3.63, 3.8) is 0 Å². The second-order valence-electron chi connectivity index (χ2n) is 3.92. The molecule has 0 aliphatic carbocycles. The Hall–Kier alpha value is -1.11. The highest BCUT2D eigenvalue weighted by Crippen LogP contribution is 2.29. The number of aromatic nitrogens is 2. The van der Waals surface area contributed by atoms with E-state index in [1.165, 1.54) is 11.3 Å². The molecule has 102 valence electrons. The zero-order chi connectivity index (χ0) is 13.8. The van der Waals surface area contributed by atoms with Gasteiger partial charge >= 0.3 is 0 Å². The summed E-state index contributed by atoms with van der Waals surface area (Å²) in [6.07, 6.45) is 1.02. The second-order valence-corrected chi connectivity index (χ2v) is 5.39. The third kappa shape index (κ3) is 3.46. The zero-order valence-corrected chi connectivity index (χ0v) is 11.8. The van der Waals surface area contributed by atoms with E-state index < -0.39 is 11.6 Å². The minimum absolute atomic E-state index is 0.0844. The SMILES string of the molecule is CCCNCc1nnc(-c2cc(F)c(Cl)cc2F)s1. The Morgan fingerprint density at radius 1 is 1.26 bits per heavy atom. The molecule has 19 heavy (non-hydrogen) atoms. The average molecular weight is 304 g/mol. The molecule has 3 nitrogen and oxygen atoms in total. The Morgan fingerprint density at radius 3 is 2.79 bits per heavy atom. The first-order chi connectivity index (χ1) is 9.11. The van der Waals surface area contributed by atoms with Gasteiger partial charge in [0.1, 0.15) is 16.6 Å². The molecular formula is C12H12ClF2N3S. The number of halogens is 3. The van der Waals surface area contributed by atoms with Gasteiger partial charge in [0.15, 0.2) is 5.01 Å². The van der Waals surface area contributed by atoms with Crippen molar-refractivity contribution >= 4 is 22.9 Å². The maximum absolute atomic E-state index is 13.7. The Balaban J connectivity index is 2.20. The van der Waals surface area contributed by atoms with E-state index in [-0.39, 0.29) is 10.6 Å². The fraction of sp³-hybridized carbons (Fsp3) is 0.333. The van der Waals surface area contributed by atoms with Crippen molar-refractivity contribution in [1.29, 1.82) is 0 Å². The molecule has 0 radical (unpaired) electrons. The quantitative estimate of drug-likeness (QED) is 0.677. The predicted molar refractivity (Wildman–Crippen MR) is 72.3 cm³/mol. The van der Waals surface area contributed by atoms with E-state index in [2.05, 4.69) is 22.4 Å². The average Bonchev–Trinajstić information content (AvgIpc) is 2.83. The number of benzene rings is 1. The van der Waals surface area contributed by atoms with Gasteiger partial charge in [-0.1, -0.05) is 29.9 Å². The van der Waals surface area contributed by atoms with Gasteiger partial charge in [-0.15, -0.1) is 10.2 Å². The standard InChI is InChI=1S/C12H12ClF2N3S/c1-2-3-16-6-11-17-18-12(19-11)7-4-10(15)8(13)5-9(7)14/h4-5,16H,2-3,6H2,1H3. The molecule has 0 atom stereocenters. The monoisotopic (exact) mass is 303 g/mol. The number of hydrogen-bond acceptors (Lipinski definition) is 4. The molecular weight excluding hydrogens is 292 g/mol. The van der Waals surface area contributed by atoms with E-state index in [0.29, 0.717) is 11.6 Å². The Kier molecular flexibility index (Phi) is 4.79. The van der Waals surface area contributed by atoms with Gasteiger partial charge in [-0.2, -0.15) is 0 Å². The second kappa shape index (κ2) is 6.36. The minimum atomic E-state index is -0.668. The smallest absolute Gasteiger partial charge is 0.150 e. The largest absolute Gasteiger partial charge is 0.310 e. The van der Waals surface area contributed by atoms with Gasteiger partial charge in [0.05, 0.1) is 10.6 Å². The van der Waals surface area contributed by atoms with E-state index in [1.54, 1.807) is 0 Å². The van der Waals surface area contributed by atoms with Crippen LogP contribution in [0.1, 0.15) is 18.4 Å². The van der Waals surface area contributed by atoms with Gasteiger partial charge in [-0.3, -0.25) is 0 Å². The minimum Gasteiger partial charge on any atom is -0.310 e. The molecule has 0 aliphatic rings. The van der Waals surface area contributed by atoms with Crippen LogP contribution in [-0.2, 0) is 6.54 Å². The summed E-state index contributed by atoms with van der Waals surface area (Å²) >= 11 is 6.74. The lowest BCUT2D eigenvalue weighted by Crippen LogP contribution is -2.13. The fourth-order valence-electron chi connectivity index (χ4n) is 1.49. The first kappa shape index (κ1) is 14.3. The third-order valence-electron chi connectivity index (χ3n) is 2.41. The summed E-state index contributed by atoms with van der Waals surface area (Å²) in [7, 11) is 0. The van der Waals surface area contributed by atoms with Crippen LogP contribution in [0.5, 0.6) is 0 Å². The molecule has 0 unspecified atom stereocenters. The Bertz CT molecular complexity index is 574. The molecule has 2 rings (SSSR count). The van der Waals surface area contributed by atoms with Crippen molar-refractivity contribution < 1.29 is 8.78 Å². The molecule has 0 aliphatic heterocycles. The van der Waals surface area contributed by atoms with Crippen molar-refractivity contribution in [2.45, 2.75) is 19.9 Å². The summed E-state index contributed by atoms with van der Waals surface area (Å²) in [6, 6.07) is 1.99. The van der Waals surface area contributed by atoms with E-state index in [0.717, 1.165) is 30.1 Å². The highest BCUT2D eigenvalue weighted by Gasteiger charge is 2.14. The lowest BCUT2D eigenvalue weighted by molar-refractivity contribution is 0.603. The van der Waals surface area contributed by atoms with E-state index in [1.807, 2.05) is 0 Å². The summed E-state index contributed by atoms with van der Waals surface area (Å²) in [5, 5.41) is 11.8. The number of hydrogen-bond donors (Lipinski definition) is 1.